The van der Waals surface area contributed by atoms with E-state index in [4.69, 9.17) is 16.3 Å². The molecule has 1 rings (SSSR count). The maximum Gasteiger partial charge on any atom is 0.356 e. The Bertz CT molecular complexity index is 342. The first kappa shape index (κ1) is 13.0. The first-order valence-electron chi connectivity index (χ1n) is 5.53. The zero-order valence-corrected chi connectivity index (χ0v) is 10.2. The SMILES string of the molecule is CCCCCCOC(=O)c1cccc(Cl)n1. The number of aromatic nitrogens is 1. The summed E-state index contributed by atoms with van der Waals surface area (Å²) in [6.07, 6.45) is 4.34. The number of halogens is 1. The number of rotatable bonds is 6. The molecule has 0 saturated heterocycles. The maximum atomic E-state index is 11.5. The third kappa shape index (κ3) is 4.62. The monoisotopic (exact) mass is 241 g/mol. The fourth-order valence-corrected chi connectivity index (χ4v) is 1.45. The Labute approximate surface area is 101 Å². The summed E-state index contributed by atoms with van der Waals surface area (Å²) in [5, 5.41) is 0.306. The van der Waals surface area contributed by atoms with Crippen molar-refractivity contribution in [2.24, 2.45) is 0 Å². The Hall–Kier alpha value is -1.09. The van der Waals surface area contributed by atoms with Crippen LogP contribution >= 0.6 is 11.6 Å². The zero-order chi connectivity index (χ0) is 11.8. The average Bonchev–Trinajstić information content (AvgIpc) is 2.28. The lowest BCUT2D eigenvalue weighted by atomic mass is 10.2. The van der Waals surface area contributed by atoms with Gasteiger partial charge in [-0.05, 0) is 18.6 Å². The summed E-state index contributed by atoms with van der Waals surface area (Å²) in [6, 6.07) is 4.91. The minimum absolute atomic E-state index is 0.267. The van der Waals surface area contributed by atoms with Gasteiger partial charge in [-0.3, -0.25) is 0 Å². The first-order chi connectivity index (χ1) is 7.74. The van der Waals surface area contributed by atoms with Gasteiger partial charge in [0.15, 0.2) is 0 Å². The van der Waals surface area contributed by atoms with Gasteiger partial charge in [0.1, 0.15) is 10.8 Å². The number of unbranched alkanes of at least 4 members (excludes halogenated alkanes) is 3. The van der Waals surface area contributed by atoms with Gasteiger partial charge in [0.25, 0.3) is 0 Å². The summed E-state index contributed by atoms with van der Waals surface area (Å²) in [5.41, 5.74) is 0.267. The molecule has 0 unspecified atom stereocenters. The van der Waals surface area contributed by atoms with Gasteiger partial charge in [0, 0.05) is 0 Å². The molecule has 0 amide bonds. The molecule has 3 nitrogen and oxygen atoms in total. The molecule has 0 bridgehead atoms. The number of nitrogens with zero attached hydrogens (tertiary/aromatic N) is 1. The topological polar surface area (TPSA) is 39.2 Å². The molecule has 0 radical (unpaired) electrons. The van der Waals surface area contributed by atoms with E-state index in [9.17, 15) is 4.79 Å². The summed E-state index contributed by atoms with van der Waals surface area (Å²) in [6.45, 7) is 2.59. The van der Waals surface area contributed by atoms with Crippen molar-refractivity contribution in [2.45, 2.75) is 32.6 Å². The lowest BCUT2D eigenvalue weighted by molar-refractivity contribution is 0.0491. The normalized spacial score (nSPS) is 10.1. The molecule has 1 heterocycles. The molecular formula is C12H16ClNO2. The van der Waals surface area contributed by atoms with Crippen molar-refractivity contribution in [3.63, 3.8) is 0 Å². The van der Waals surface area contributed by atoms with Crippen molar-refractivity contribution in [1.29, 1.82) is 0 Å². The van der Waals surface area contributed by atoms with Crippen molar-refractivity contribution < 1.29 is 9.53 Å². The quantitative estimate of drug-likeness (QED) is 0.435. The van der Waals surface area contributed by atoms with Gasteiger partial charge < -0.3 is 4.74 Å². The molecule has 0 aromatic carbocycles. The highest BCUT2D eigenvalue weighted by Crippen LogP contribution is 2.07. The Balaban J connectivity index is 2.30. The van der Waals surface area contributed by atoms with Crippen LogP contribution in [0.5, 0.6) is 0 Å². The minimum atomic E-state index is -0.404. The summed E-state index contributed by atoms with van der Waals surface area (Å²) in [7, 11) is 0. The molecule has 4 heteroatoms. The van der Waals surface area contributed by atoms with Crippen LogP contribution in [-0.2, 0) is 4.74 Å². The highest BCUT2D eigenvalue weighted by Gasteiger charge is 2.08. The van der Waals surface area contributed by atoms with Crippen LogP contribution in [0.1, 0.15) is 43.1 Å². The molecule has 16 heavy (non-hydrogen) atoms. The van der Waals surface area contributed by atoms with Crippen LogP contribution in [0, 0.1) is 0 Å². The molecule has 0 aliphatic rings. The Morgan fingerprint density at radius 2 is 2.19 bits per heavy atom. The van der Waals surface area contributed by atoms with Crippen molar-refractivity contribution in [3.05, 3.63) is 29.0 Å². The predicted octanol–water partition coefficient (Wildman–Crippen LogP) is 3.47. The summed E-state index contributed by atoms with van der Waals surface area (Å²) >= 11 is 5.67. The van der Waals surface area contributed by atoms with E-state index >= 15 is 0 Å². The smallest absolute Gasteiger partial charge is 0.356 e. The van der Waals surface area contributed by atoms with Crippen molar-refractivity contribution >= 4 is 17.6 Å². The van der Waals surface area contributed by atoms with Crippen LogP contribution in [0.3, 0.4) is 0 Å². The first-order valence-corrected chi connectivity index (χ1v) is 5.91. The predicted molar refractivity (Wildman–Crippen MR) is 63.7 cm³/mol. The largest absolute Gasteiger partial charge is 0.461 e. The van der Waals surface area contributed by atoms with Gasteiger partial charge in [-0.15, -0.1) is 0 Å². The minimum Gasteiger partial charge on any atom is -0.461 e. The lowest BCUT2D eigenvalue weighted by Crippen LogP contribution is -2.08. The van der Waals surface area contributed by atoms with Gasteiger partial charge in [0.2, 0.25) is 0 Å². The van der Waals surface area contributed by atoms with E-state index < -0.39 is 5.97 Å². The average molecular weight is 242 g/mol. The second-order valence-corrected chi connectivity index (χ2v) is 3.93. The fraction of sp³-hybridized carbons (Fsp3) is 0.500. The van der Waals surface area contributed by atoms with Crippen LogP contribution in [0.15, 0.2) is 18.2 Å². The Morgan fingerprint density at radius 1 is 1.38 bits per heavy atom. The van der Waals surface area contributed by atoms with E-state index in [1.807, 2.05) is 0 Å². The molecule has 0 N–H and O–H groups in total. The molecule has 88 valence electrons. The number of esters is 1. The summed E-state index contributed by atoms with van der Waals surface area (Å²) in [5.74, 6) is -0.404. The molecule has 1 aromatic rings. The van der Waals surface area contributed by atoms with Crippen LogP contribution in [0.25, 0.3) is 0 Å². The van der Waals surface area contributed by atoms with Gasteiger partial charge in [-0.2, -0.15) is 0 Å². The Kier molecular flexibility index (Phi) is 5.86. The number of pyridine rings is 1. The molecular weight excluding hydrogens is 226 g/mol. The standard InChI is InChI=1S/C12H16ClNO2/c1-2-3-4-5-9-16-12(15)10-7-6-8-11(13)14-10/h6-8H,2-5,9H2,1H3. The van der Waals surface area contributed by atoms with Crippen molar-refractivity contribution in [2.75, 3.05) is 6.61 Å². The number of hydrogen-bond acceptors (Lipinski definition) is 3. The third-order valence-corrected chi connectivity index (χ3v) is 2.37. The van der Waals surface area contributed by atoms with E-state index in [-0.39, 0.29) is 5.69 Å². The van der Waals surface area contributed by atoms with E-state index in [1.54, 1.807) is 18.2 Å². The van der Waals surface area contributed by atoms with Crippen LogP contribution in [0.4, 0.5) is 0 Å². The summed E-state index contributed by atoms with van der Waals surface area (Å²) < 4.78 is 5.07. The number of carbonyl (C=O) groups is 1. The van der Waals surface area contributed by atoms with Gasteiger partial charge in [-0.1, -0.05) is 43.9 Å². The van der Waals surface area contributed by atoms with E-state index in [0.717, 1.165) is 12.8 Å². The number of ether oxygens (including phenoxy) is 1. The van der Waals surface area contributed by atoms with E-state index in [1.165, 1.54) is 12.8 Å². The molecule has 0 spiro atoms. The van der Waals surface area contributed by atoms with Crippen LogP contribution in [-0.4, -0.2) is 17.6 Å². The number of hydrogen-bond donors (Lipinski definition) is 0. The molecule has 0 aliphatic carbocycles. The maximum absolute atomic E-state index is 11.5. The highest BCUT2D eigenvalue weighted by atomic mass is 35.5. The van der Waals surface area contributed by atoms with Crippen molar-refractivity contribution in [1.82, 2.24) is 4.98 Å². The van der Waals surface area contributed by atoms with Crippen LogP contribution in [0.2, 0.25) is 5.15 Å². The molecule has 0 saturated carbocycles. The molecule has 0 fully saturated rings. The molecule has 0 atom stereocenters. The van der Waals surface area contributed by atoms with E-state index in [2.05, 4.69) is 11.9 Å². The van der Waals surface area contributed by atoms with Gasteiger partial charge in [-0.25, -0.2) is 9.78 Å². The van der Waals surface area contributed by atoms with Crippen molar-refractivity contribution in [3.8, 4) is 0 Å². The fourth-order valence-electron chi connectivity index (χ4n) is 1.29. The second-order valence-electron chi connectivity index (χ2n) is 3.54. The lowest BCUT2D eigenvalue weighted by Gasteiger charge is -2.03. The van der Waals surface area contributed by atoms with Gasteiger partial charge >= 0.3 is 5.97 Å². The number of carbonyl (C=O) groups excluding carboxylic acids is 1. The summed E-state index contributed by atoms with van der Waals surface area (Å²) in [4.78, 5) is 15.4. The third-order valence-electron chi connectivity index (χ3n) is 2.16. The van der Waals surface area contributed by atoms with E-state index in [0.29, 0.717) is 11.8 Å². The second kappa shape index (κ2) is 7.23. The molecule has 1 aromatic heterocycles. The highest BCUT2D eigenvalue weighted by molar-refractivity contribution is 6.29. The van der Waals surface area contributed by atoms with Gasteiger partial charge in [0.05, 0.1) is 6.61 Å². The molecule has 0 aliphatic heterocycles. The Morgan fingerprint density at radius 3 is 2.88 bits per heavy atom. The van der Waals surface area contributed by atoms with Crippen LogP contribution < -0.4 is 0 Å². The zero-order valence-electron chi connectivity index (χ0n) is 9.41.